The monoisotopic (exact) mass is 192 g/mol. The van der Waals surface area contributed by atoms with E-state index in [4.69, 9.17) is 11.0 Å². The van der Waals surface area contributed by atoms with E-state index < -0.39 is 0 Å². The van der Waals surface area contributed by atoms with E-state index in [2.05, 4.69) is 6.57 Å². The fourth-order valence-corrected chi connectivity index (χ4v) is 0.718. The molecule has 0 fully saturated rings. The Hall–Kier alpha value is -1.82. The first kappa shape index (κ1) is 14.7. The number of hydrogen-bond acceptors (Lipinski definition) is 3. The highest BCUT2D eigenvalue weighted by Crippen LogP contribution is 2.05. The summed E-state index contributed by atoms with van der Waals surface area (Å²) in [6.45, 7) is 9.03. The Labute approximate surface area is 85.2 Å². The van der Waals surface area contributed by atoms with E-state index in [0.29, 0.717) is 11.3 Å². The summed E-state index contributed by atoms with van der Waals surface area (Å²) < 4.78 is 0. The van der Waals surface area contributed by atoms with Gasteiger partial charge in [0.2, 0.25) is 0 Å². The molecule has 76 valence electrons. The van der Waals surface area contributed by atoms with Crippen molar-refractivity contribution in [2.45, 2.75) is 20.8 Å². The van der Waals surface area contributed by atoms with Gasteiger partial charge in [0.1, 0.15) is 0 Å². The van der Waals surface area contributed by atoms with E-state index in [-0.39, 0.29) is 5.78 Å². The van der Waals surface area contributed by atoms with Crippen molar-refractivity contribution in [3.8, 4) is 6.57 Å². The van der Waals surface area contributed by atoms with E-state index in [1.807, 2.05) is 13.8 Å². The average Bonchev–Trinajstić information content (AvgIpc) is 2.24. The Kier molecular flexibility index (Phi) is 9.73. The first-order valence-electron chi connectivity index (χ1n) is 4.32. The fourth-order valence-electron chi connectivity index (χ4n) is 0.718. The topological polar surface area (TPSA) is 66.9 Å². The molecule has 0 amide bonds. The molecule has 1 aromatic carbocycles. The minimum Gasteiger partial charge on any atom is -0.399 e. The molecule has 0 aliphatic rings. The first-order valence-corrected chi connectivity index (χ1v) is 4.32. The number of nitriles is 1. The van der Waals surface area contributed by atoms with Crippen LogP contribution in [0.4, 0.5) is 5.69 Å². The molecule has 0 heterocycles. The summed E-state index contributed by atoms with van der Waals surface area (Å²) in [5, 5.41) is 6.50. The van der Waals surface area contributed by atoms with E-state index in [1.165, 1.54) is 6.92 Å². The van der Waals surface area contributed by atoms with Crippen molar-refractivity contribution in [1.82, 2.24) is 0 Å². The predicted octanol–water partition coefficient (Wildman–Crippen LogP) is 2.64. The Balaban J connectivity index is 0. The maximum Gasteiger partial charge on any atom is 0.159 e. The van der Waals surface area contributed by atoms with Crippen LogP contribution in [-0.4, -0.2) is 5.78 Å². The van der Waals surface area contributed by atoms with E-state index in [9.17, 15) is 4.79 Å². The maximum atomic E-state index is 10.7. The molecule has 0 atom stereocenters. The van der Waals surface area contributed by atoms with Crippen molar-refractivity contribution in [2.24, 2.45) is 0 Å². The molecule has 3 nitrogen and oxygen atoms in total. The molecule has 1 aromatic rings. The second-order valence-electron chi connectivity index (χ2n) is 2.18. The van der Waals surface area contributed by atoms with Gasteiger partial charge in [0.05, 0.1) is 0 Å². The summed E-state index contributed by atoms with van der Waals surface area (Å²) >= 11 is 0. The van der Waals surface area contributed by atoms with Gasteiger partial charge < -0.3 is 5.73 Å². The van der Waals surface area contributed by atoms with Crippen LogP contribution < -0.4 is 5.73 Å². The second-order valence-corrected chi connectivity index (χ2v) is 2.18. The SMILES string of the molecule is C#N.CC.CC(=O)c1ccc(N)cc1. The van der Waals surface area contributed by atoms with Crippen molar-refractivity contribution in [1.29, 1.82) is 5.26 Å². The number of benzene rings is 1. The largest absolute Gasteiger partial charge is 0.399 e. The molecule has 3 heteroatoms. The van der Waals surface area contributed by atoms with Gasteiger partial charge in [0.25, 0.3) is 0 Å². The van der Waals surface area contributed by atoms with E-state index in [0.717, 1.165) is 0 Å². The second kappa shape index (κ2) is 9.27. The predicted molar refractivity (Wildman–Crippen MR) is 58.9 cm³/mol. The van der Waals surface area contributed by atoms with Crippen LogP contribution in [0.25, 0.3) is 0 Å². The molecular weight excluding hydrogens is 176 g/mol. The number of ketones is 1. The van der Waals surface area contributed by atoms with Gasteiger partial charge in [-0.2, -0.15) is 0 Å². The maximum absolute atomic E-state index is 10.7. The number of hydrogen-bond donors (Lipinski definition) is 1. The third kappa shape index (κ3) is 5.78. The third-order valence-corrected chi connectivity index (χ3v) is 1.32. The van der Waals surface area contributed by atoms with Crippen molar-refractivity contribution in [3.63, 3.8) is 0 Å². The average molecular weight is 192 g/mol. The third-order valence-electron chi connectivity index (χ3n) is 1.32. The van der Waals surface area contributed by atoms with Crippen LogP contribution in [0.5, 0.6) is 0 Å². The quantitative estimate of drug-likeness (QED) is 0.549. The highest BCUT2D eigenvalue weighted by molar-refractivity contribution is 5.94. The number of nitrogen functional groups attached to an aromatic ring is 1. The lowest BCUT2D eigenvalue weighted by atomic mass is 10.1. The fraction of sp³-hybridized carbons (Fsp3) is 0.273. The van der Waals surface area contributed by atoms with E-state index >= 15 is 0 Å². The molecule has 0 saturated heterocycles. The zero-order chi connectivity index (χ0) is 11.6. The van der Waals surface area contributed by atoms with Gasteiger partial charge in [-0.15, -0.1) is 0 Å². The zero-order valence-electron chi connectivity index (χ0n) is 8.82. The smallest absolute Gasteiger partial charge is 0.159 e. The molecule has 0 bridgehead atoms. The summed E-state index contributed by atoms with van der Waals surface area (Å²) in [5.41, 5.74) is 6.80. The highest BCUT2D eigenvalue weighted by atomic mass is 16.1. The van der Waals surface area contributed by atoms with Crippen molar-refractivity contribution in [2.75, 3.05) is 5.73 Å². The van der Waals surface area contributed by atoms with Gasteiger partial charge in [-0.1, -0.05) is 13.8 Å². The Morgan fingerprint density at radius 1 is 1.21 bits per heavy atom. The van der Waals surface area contributed by atoms with Crippen LogP contribution in [0.1, 0.15) is 31.1 Å². The molecular formula is C11H16N2O. The number of Topliss-reactive ketones (excluding diaryl/α,β-unsaturated/α-hetero) is 1. The summed E-state index contributed by atoms with van der Waals surface area (Å²) in [6, 6.07) is 6.88. The highest BCUT2D eigenvalue weighted by Gasteiger charge is 1.95. The number of carbonyl (C=O) groups excluding carboxylic acids is 1. The number of nitrogens with zero attached hydrogens (tertiary/aromatic N) is 1. The zero-order valence-corrected chi connectivity index (χ0v) is 8.82. The van der Waals surface area contributed by atoms with Gasteiger partial charge >= 0.3 is 0 Å². The minimum absolute atomic E-state index is 0.0694. The normalized spacial score (nSPS) is 7.21. The minimum atomic E-state index is 0.0694. The molecule has 0 unspecified atom stereocenters. The van der Waals surface area contributed by atoms with Crippen molar-refractivity contribution in [3.05, 3.63) is 29.8 Å². The van der Waals surface area contributed by atoms with Crippen LogP contribution >= 0.6 is 0 Å². The molecule has 0 radical (unpaired) electrons. The summed E-state index contributed by atoms with van der Waals surface area (Å²) in [6.07, 6.45) is 0. The van der Waals surface area contributed by atoms with Crippen molar-refractivity contribution < 1.29 is 4.79 Å². The van der Waals surface area contributed by atoms with Gasteiger partial charge in [0, 0.05) is 17.8 Å². The summed E-state index contributed by atoms with van der Waals surface area (Å²) in [5.74, 6) is 0.0694. The van der Waals surface area contributed by atoms with Gasteiger partial charge in [-0.25, -0.2) is 5.26 Å². The molecule has 14 heavy (non-hydrogen) atoms. The summed E-state index contributed by atoms with van der Waals surface area (Å²) in [4.78, 5) is 10.7. The molecule has 0 saturated carbocycles. The lowest BCUT2D eigenvalue weighted by Crippen LogP contribution is -1.91. The lowest BCUT2D eigenvalue weighted by molar-refractivity contribution is 0.101. The Morgan fingerprint density at radius 2 is 1.57 bits per heavy atom. The number of anilines is 1. The van der Waals surface area contributed by atoms with Crippen LogP contribution in [0.15, 0.2) is 24.3 Å². The van der Waals surface area contributed by atoms with Crippen LogP contribution in [0, 0.1) is 11.8 Å². The molecule has 0 aromatic heterocycles. The van der Waals surface area contributed by atoms with Crippen LogP contribution in [-0.2, 0) is 0 Å². The van der Waals surface area contributed by atoms with Gasteiger partial charge in [-0.05, 0) is 31.2 Å². The Bertz CT molecular complexity index is 275. The first-order chi connectivity index (χ1) is 6.70. The molecule has 1 rings (SSSR count). The summed E-state index contributed by atoms with van der Waals surface area (Å²) in [7, 11) is 0. The number of rotatable bonds is 1. The van der Waals surface area contributed by atoms with Crippen LogP contribution in [0.3, 0.4) is 0 Å². The Morgan fingerprint density at radius 3 is 1.86 bits per heavy atom. The number of carbonyl (C=O) groups is 1. The molecule has 0 spiro atoms. The van der Waals surface area contributed by atoms with Gasteiger partial charge in [-0.3, -0.25) is 4.79 Å². The molecule has 0 aliphatic heterocycles. The van der Waals surface area contributed by atoms with E-state index in [1.54, 1.807) is 24.3 Å². The lowest BCUT2D eigenvalue weighted by Gasteiger charge is -1.94. The van der Waals surface area contributed by atoms with Crippen molar-refractivity contribution >= 4 is 11.5 Å². The number of nitrogens with two attached hydrogens (primary N) is 1. The molecule has 2 N–H and O–H groups in total. The van der Waals surface area contributed by atoms with Gasteiger partial charge in [0.15, 0.2) is 5.78 Å². The molecule has 0 aliphatic carbocycles. The standard InChI is InChI=1S/C8H9NO.C2H6.CHN/c1-6(10)7-2-4-8(9)5-3-7;2*1-2/h2-5H,9H2,1H3;1-2H3;1H. The van der Waals surface area contributed by atoms with Crippen LogP contribution in [0.2, 0.25) is 0 Å².